The summed E-state index contributed by atoms with van der Waals surface area (Å²) >= 11 is 5.74. The molecule has 96 valence electrons. The van der Waals surface area contributed by atoms with E-state index in [0.717, 1.165) is 0 Å². The number of carbonyl (C=O) groups excluding carboxylic acids is 2. The Bertz CT molecular complexity index is 480. The van der Waals surface area contributed by atoms with Gasteiger partial charge in [0, 0.05) is 17.6 Å². The molecule has 2 atom stereocenters. The van der Waals surface area contributed by atoms with Crippen LogP contribution in [0.5, 0.6) is 5.75 Å². The fourth-order valence-corrected chi connectivity index (χ4v) is 1.78. The molecule has 18 heavy (non-hydrogen) atoms. The Labute approximate surface area is 108 Å². The summed E-state index contributed by atoms with van der Waals surface area (Å²) in [5.74, 6) is -2.03. The predicted octanol–water partition coefficient (Wildman–Crippen LogP) is -0.143. The quantitative estimate of drug-likeness (QED) is 0.527. The Morgan fingerprint density at radius 2 is 2.33 bits per heavy atom. The minimum atomic E-state index is -1.15. The van der Waals surface area contributed by atoms with E-state index in [4.69, 9.17) is 16.4 Å². The SMILES string of the molecule is O=C1NCC(O)C1C(=O)NOc1cccc(Cl)c1. The molecule has 0 radical (unpaired) electrons. The van der Waals surface area contributed by atoms with Crippen molar-refractivity contribution < 1.29 is 19.5 Å². The Hall–Kier alpha value is -1.79. The maximum Gasteiger partial charge on any atom is 0.267 e. The minimum Gasteiger partial charge on any atom is -0.390 e. The maximum absolute atomic E-state index is 11.6. The van der Waals surface area contributed by atoms with Crippen molar-refractivity contribution in [1.29, 1.82) is 0 Å². The summed E-state index contributed by atoms with van der Waals surface area (Å²) in [5, 5.41) is 12.3. The van der Waals surface area contributed by atoms with Crippen molar-refractivity contribution in [1.82, 2.24) is 10.8 Å². The highest BCUT2D eigenvalue weighted by Gasteiger charge is 2.39. The van der Waals surface area contributed by atoms with Gasteiger partial charge in [-0.15, -0.1) is 0 Å². The summed E-state index contributed by atoms with van der Waals surface area (Å²) in [5.41, 5.74) is 2.11. The predicted molar refractivity (Wildman–Crippen MR) is 62.7 cm³/mol. The summed E-state index contributed by atoms with van der Waals surface area (Å²) < 4.78 is 0. The number of nitrogens with one attached hydrogen (secondary N) is 2. The lowest BCUT2D eigenvalue weighted by Gasteiger charge is -2.12. The van der Waals surface area contributed by atoms with Crippen molar-refractivity contribution in [3.63, 3.8) is 0 Å². The number of hydrogen-bond donors (Lipinski definition) is 3. The topological polar surface area (TPSA) is 87.7 Å². The molecule has 3 N–H and O–H groups in total. The zero-order chi connectivity index (χ0) is 13.1. The molecule has 6 nitrogen and oxygen atoms in total. The van der Waals surface area contributed by atoms with E-state index in [-0.39, 0.29) is 6.54 Å². The average Bonchev–Trinajstić information content (AvgIpc) is 2.66. The van der Waals surface area contributed by atoms with Crippen molar-refractivity contribution in [3.8, 4) is 5.75 Å². The Balaban J connectivity index is 1.94. The maximum atomic E-state index is 11.6. The molecule has 0 aromatic heterocycles. The highest BCUT2D eigenvalue weighted by molar-refractivity contribution is 6.30. The minimum absolute atomic E-state index is 0.0636. The van der Waals surface area contributed by atoms with Crippen LogP contribution >= 0.6 is 11.6 Å². The van der Waals surface area contributed by atoms with Crippen molar-refractivity contribution in [2.24, 2.45) is 5.92 Å². The lowest BCUT2D eigenvalue weighted by atomic mass is 10.1. The van der Waals surface area contributed by atoms with Gasteiger partial charge in [-0.2, -0.15) is 5.48 Å². The molecule has 1 aromatic rings. The lowest BCUT2D eigenvalue weighted by Crippen LogP contribution is -2.40. The summed E-state index contributed by atoms with van der Waals surface area (Å²) in [4.78, 5) is 27.9. The van der Waals surface area contributed by atoms with Gasteiger partial charge >= 0.3 is 0 Å². The van der Waals surface area contributed by atoms with Crippen LogP contribution in [0, 0.1) is 5.92 Å². The number of halogens is 1. The fourth-order valence-electron chi connectivity index (χ4n) is 1.60. The largest absolute Gasteiger partial charge is 0.390 e. The molecular formula is C11H11ClN2O4. The normalized spacial score (nSPS) is 22.4. The molecular weight excluding hydrogens is 260 g/mol. The van der Waals surface area contributed by atoms with E-state index < -0.39 is 23.8 Å². The first-order valence-electron chi connectivity index (χ1n) is 5.26. The van der Waals surface area contributed by atoms with Crippen molar-refractivity contribution in [2.75, 3.05) is 6.54 Å². The summed E-state index contributed by atoms with van der Waals surface area (Å²) in [6.45, 7) is 0.0636. The number of aliphatic hydroxyl groups is 1. The molecule has 0 saturated carbocycles. The Morgan fingerprint density at radius 3 is 2.94 bits per heavy atom. The van der Waals surface area contributed by atoms with Gasteiger partial charge in [-0.25, -0.2) is 0 Å². The fraction of sp³-hybridized carbons (Fsp3) is 0.273. The van der Waals surface area contributed by atoms with Crippen LogP contribution in [0.2, 0.25) is 5.02 Å². The second-order valence-corrected chi connectivity index (χ2v) is 4.25. The number of hydrogen-bond acceptors (Lipinski definition) is 4. The molecule has 0 aliphatic carbocycles. The summed E-state index contributed by atoms with van der Waals surface area (Å²) in [7, 11) is 0. The van der Waals surface area contributed by atoms with Gasteiger partial charge in [0.15, 0.2) is 5.75 Å². The zero-order valence-electron chi connectivity index (χ0n) is 9.22. The molecule has 2 unspecified atom stereocenters. The highest BCUT2D eigenvalue weighted by atomic mass is 35.5. The molecule has 1 aliphatic heterocycles. The van der Waals surface area contributed by atoms with Crippen molar-refractivity contribution >= 4 is 23.4 Å². The third-order valence-electron chi connectivity index (χ3n) is 2.50. The van der Waals surface area contributed by atoms with Crippen LogP contribution in [0.4, 0.5) is 0 Å². The number of amides is 2. The molecule has 1 fully saturated rings. The average molecular weight is 271 g/mol. The first kappa shape index (κ1) is 12.7. The van der Waals surface area contributed by atoms with Crippen LogP contribution in [-0.2, 0) is 9.59 Å². The molecule has 2 amide bonds. The third-order valence-corrected chi connectivity index (χ3v) is 2.74. The molecule has 1 saturated heterocycles. The molecule has 1 aliphatic rings. The van der Waals surface area contributed by atoms with Gasteiger partial charge in [-0.05, 0) is 12.1 Å². The number of carbonyl (C=O) groups is 2. The van der Waals surface area contributed by atoms with Gasteiger partial charge in [0.25, 0.3) is 5.91 Å². The molecule has 7 heteroatoms. The zero-order valence-corrected chi connectivity index (χ0v) is 9.98. The monoisotopic (exact) mass is 270 g/mol. The van der Waals surface area contributed by atoms with E-state index in [1.165, 1.54) is 6.07 Å². The molecule has 1 aromatic carbocycles. The molecule has 1 heterocycles. The molecule has 2 rings (SSSR count). The smallest absolute Gasteiger partial charge is 0.267 e. The first-order chi connectivity index (χ1) is 8.58. The summed E-state index contributed by atoms with van der Waals surface area (Å²) in [6, 6.07) is 6.41. The van der Waals surface area contributed by atoms with E-state index in [1.54, 1.807) is 18.2 Å². The number of hydroxylamine groups is 1. The van der Waals surface area contributed by atoms with Crippen LogP contribution in [0.15, 0.2) is 24.3 Å². The standard InChI is InChI=1S/C11H11ClN2O4/c12-6-2-1-3-7(4-6)18-14-11(17)9-8(15)5-13-10(9)16/h1-4,8-9,15H,5H2,(H,13,16)(H,14,17). The van der Waals surface area contributed by atoms with E-state index in [0.29, 0.717) is 10.8 Å². The Morgan fingerprint density at radius 1 is 1.56 bits per heavy atom. The van der Waals surface area contributed by atoms with Gasteiger partial charge < -0.3 is 15.3 Å². The van der Waals surface area contributed by atoms with E-state index >= 15 is 0 Å². The van der Waals surface area contributed by atoms with Gasteiger partial charge in [0.1, 0.15) is 5.92 Å². The second-order valence-electron chi connectivity index (χ2n) is 3.82. The van der Waals surface area contributed by atoms with E-state index in [9.17, 15) is 14.7 Å². The van der Waals surface area contributed by atoms with Crippen LogP contribution in [0.3, 0.4) is 0 Å². The number of rotatable bonds is 3. The van der Waals surface area contributed by atoms with Gasteiger partial charge in [-0.3, -0.25) is 9.59 Å². The molecule has 0 spiro atoms. The number of aliphatic hydroxyl groups excluding tert-OH is 1. The Kier molecular flexibility index (Phi) is 3.69. The number of β-amino-alcohol motifs (C(OH)–C–C–N with tert-alkyl or cyclic N) is 1. The van der Waals surface area contributed by atoms with Crippen molar-refractivity contribution in [3.05, 3.63) is 29.3 Å². The second kappa shape index (κ2) is 5.24. The number of benzene rings is 1. The van der Waals surface area contributed by atoms with Gasteiger partial charge in [-0.1, -0.05) is 17.7 Å². The van der Waals surface area contributed by atoms with Gasteiger partial charge in [0.05, 0.1) is 6.10 Å². The van der Waals surface area contributed by atoms with Crippen LogP contribution in [-0.4, -0.2) is 29.6 Å². The highest BCUT2D eigenvalue weighted by Crippen LogP contribution is 2.17. The van der Waals surface area contributed by atoms with Crippen LogP contribution in [0.1, 0.15) is 0 Å². The van der Waals surface area contributed by atoms with Crippen LogP contribution < -0.4 is 15.6 Å². The lowest BCUT2D eigenvalue weighted by molar-refractivity contribution is -0.140. The van der Waals surface area contributed by atoms with Crippen LogP contribution in [0.25, 0.3) is 0 Å². The molecule has 0 bridgehead atoms. The third kappa shape index (κ3) is 2.72. The summed E-state index contributed by atoms with van der Waals surface area (Å²) in [6.07, 6.45) is -1.04. The van der Waals surface area contributed by atoms with E-state index in [2.05, 4.69) is 10.8 Å². The van der Waals surface area contributed by atoms with E-state index in [1.807, 2.05) is 0 Å². The van der Waals surface area contributed by atoms with Crippen molar-refractivity contribution in [2.45, 2.75) is 6.10 Å². The first-order valence-corrected chi connectivity index (χ1v) is 5.64. The van der Waals surface area contributed by atoms with Gasteiger partial charge in [0.2, 0.25) is 5.91 Å².